The van der Waals surface area contributed by atoms with Crippen molar-refractivity contribution in [2.45, 2.75) is 12.5 Å². The summed E-state index contributed by atoms with van der Waals surface area (Å²) in [5.74, 6) is 1.72. The van der Waals surface area contributed by atoms with E-state index in [0.29, 0.717) is 30.2 Å². The highest BCUT2D eigenvalue weighted by molar-refractivity contribution is 5.85. The van der Waals surface area contributed by atoms with E-state index in [-0.39, 0.29) is 18.3 Å². The molecule has 1 amide bonds. The Morgan fingerprint density at radius 1 is 1.04 bits per heavy atom. The first kappa shape index (κ1) is 21.6. The van der Waals surface area contributed by atoms with Crippen molar-refractivity contribution in [3.8, 4) is 17.2 Å². The third kappa shape index (κ3) is 5.28. The van der Waals surface area contributed by atoms with Gasteiger partial charge in [0.15, 0.2) is 0 Å². The Labute approximate surface area is 160 Å². The van der Waals surface area contributed by atoms with Gasteiger partial charge in [0.1, 0.15) is 23.3 Å². The SMILES string of the molecule is COc1cc(OC)c(CCNC(=O)C(N)c2ccccc2)c(OC)c1.Cl. The monoisotopic (exact) mass is 380 g/mol. The number of carbonyl (C=O) groups is 1. The van der Waals surface area contributed by atoms with Gasteiger partial charge in [-0.1, -0.05) is 30.3 Å². The molecule has 0 aliphatic rings. The van der Waals surface area contributed by atoms with Gasteiger partial charge in [-0.2, -0.15) is 0 Å². The number of rotatable bonds is 8. The minimum absolute atomic E-state index is 0. The molecule has 0 heterocycles. The molecule has 2 rings (SSSR count). The van der Waals surface area contributed by atoms with Crippen molar-refractivity contribution in [1.82, 2.24) is 5.32 Å². The van der Waals surface area contributed by atoms with E-state index in [1.807, 2.05) is 30.3 Å². The van der Waals surface area contributed by atoms with Crippen LogP contribution in [0.5, 0.6) is 17.2 Å². The number of ether oxygens (including phenoxy) is 3. The number of hydrogen-bond acceptors (Lipinski definition) is 5. The predicted octanol–water partition coefficient (Wildman–Crippen LogP) is 2.49. The van der Waals surface area contributed by atoms with E-state index < -0.39 is 6.04 Å². The number of hydrogen-bond donors (Lipinski definition) is 2. The van der Waals surface area contributed by atoms with Gasteiger partial charge >= 0.3 is 0 Å². The number of halogens is 1. The second-order valence-corrected chi connectivity index (χ2v) is 5.44. The number of amides is 1. The van der Waals surface area contributed by atoms with Crippen molar-refractivity contribution in [3.63, 3.8) is 0 Å². The molecule has 2 aromatic rings. The first-order valence-electron chi connectivity index (χ1n) is 7.97. The lowest BCUT2D eigenvalue weighted by Gasteiger charge is -2.16. The third-order valence-electron chi connectivity index (χ3n) is 3.93. The molecule has 0 aromatic heterocycles. The second kappa shape index (κ2) is 10.5. The average molecular weight is 381 g/mol. The van der Waals surface area contributed by atoms with Crippen LogP contribution in [0.1, 0.15) is 17.2 Å². The zero-order chi connectivity index (χ0) is 18.2. The maximum Gasteiger partial charge on any atom is 0.241 e. The van der Waals surface area contributed by atoms with E-state index >= 15 is 0 Å². The lowest BCUT2D eigenvalue weighted by atomic mass is 10.1. The third-order valence-corrected chi connectivity index (χ3v) is 3.93. The van der Waals surface area contributed by atoms with Gasteiger partial charge in [-0.05, 0) is 12.0 Å². The fourth-order valence-electron chi connectivity index (χ4n) is 2.56. The zero-order valence-electron chi connectivity index (χ0n) is 15.2. The summed E-state index contributed by atoms with van der Waals surface area (Å²) in [6, 6.07) is 12.1. The van der Waals surface area contributed by atoms with Crippen LogP contribution >= 0.6 is 12.4 Å². The molecule has 6 nitrogen and oxygen atoms in total. The van der Waals surface area contributed by atoms with Crippen molar-refractivity contribution in [2.24, 2.45) is 5.73 Å². The van der Waals surface area contributed by atoms with Crippen molar-refractivity contribution in [2.75, 3.05) is 27.9 Å². The smallest absolute Gasteiger partial charge is 0.241 e. The van der Waals surface area contributed by atoms with Crippen molar-refractivity contribution in [3.05, 3.63) is 53.6 Å². The summed E-state index contributed by atoms with van der Waals surface area (Å²) < 4.78 is 16.0. The zero-order valence-corrected chi connectivity index (χ0v) is 16.0. The second-order valence-electron chi connectivity index (χ2n) is 5.44. The summed E-state index contributed by atoms with van der Waals surface area (Å²) in [6.07, 6.45) is 0.545. The van der Waals surface area contributed by atoms with Crippen LogP contribution in [-0.4, -0.2) is 33.8 Å². The lowest BCUT2D eigenvalue weighted by Crippen LogP contribution is -2.35. The van der Waals surface area contributed by atoms with E-state index in [2.05, 4.69) is 5.32 Å². The first-order valence-corrected chi connectivity index (χ1v) is 7.97. The summed E-state index contributed by atoms with van der Waals surface area (Å²) in [4.78, 5) is 12.2. The molecule has 0 aliphatic heterocycles. The maximum atomic E-state index is 12.2. The van der Waals surface area contributed by atoms with E-state index in [9.17, 15) is 4.79 Å². The van der Waals surface area contributed by atoms with Gasteiger partial charge in [0.05, 0.1) is 21.3 Å². The quantitative estimate of drug-likeness (QED) is 0.735. The Hall–Kier alpha value is -2.44. The van der Waals surface area contributed by atoms with E-state index in [4.69, 9.17) is 19.9 Å². The summed E-state index contributed by atoms with van der Waals surface area (Å²) in [5, 5.41) is 2.85. The molecule has 0 saturated carbocycles. The van der Waals surface area contributed by atoms with Crippen molar-refractivity contribution < 1.29 is 19.0 Å². The lowest BCUT2D eigenvalue weighted by molar-refractivity contribution is -0.122. The highest BCUT2D eigenvalue weighted by atomic mass is 35.5. The largest absolute Gasteiger partial charge is 0.496 e. The van der Waals surface area contributed by atoms with Gasteiger partial charge < -0.3 is 25.3 Å². The molecule has 0 spiro atoms. The van der Waals surface area contributed by atoms with Crippen molar-refractivity contribution >= 4 is 18.3 Å². The highest BCUT2D eigenvalue weighted by Crippen LogP contribution is 2.34. The van der Waals surface area contributed by atoms with Crippen LogP contribution in [0.25, 0.3) is 0 Å². The molecule has 26 heavy (non-hydrogen) atoms. The molecule has 2 aromatic carbocycles. The minimum Gasteiger partial charge on any atom is -0.496 e. The molecule has 1 atom stereocenters. The molecular weight excluding hydrogens is 356 g/mol. The van der Waals surface area contributed by atoms with Crippen LogP contribution in [-0.2, 0) is 11.2 Å². The Balaban J connectivity index is 0.00000338. The predicted molar refractivity (Wildman–Crippen MR) is 103 cm³/mol. The number of benzene rings is 2. The molecule has 0 radical (unpaired) electrons. The standard InChI is InChI=1S/C19H24N2O4.ClH/c1-23-14-11-16(24-2)15(17(12-14)25-3)9-10-21-19(22)18(20)13-7-5-4-6-8-13;/h4-8,11-12,18H,9-10,20H2,1-3H3,(H,21,22);1H. The topological polar surface area (TPSA) is 82.8 Å². The van der Waals surface area contributed by atoms with Gasteiger partial charge in [0, 0.05) is 24.2 Å². The molecule has 1 unspecified atom stereocenters. The van der Waals surface area contributed by atoms with E-state index in [0.717, 1.165) is 11.1 Å². The van der Waals surface area contributed by atoms with Crippen LogP contribution in [0, 0.1) is 0 Å². The molecule has 142 valence electrons. The molecule has 0 saturated heterocycles. The Morgan fingerprint density at radius 3 is 2.12 bits per heavy atom. The van der Waals surface area contributed by atoms with Gasteiger partial charge in [-0.15, -0.1) is 12.4 Å². The number of nitrogens with two attached hydrogens (primary N) is 1. The molecular formula is C19H25ClN2O4. The van der Waals surface area contributed by atoms with E-state index in [1.165, 1.54) is 0 Å². The van der Waals surface area contributed by atoms with Crippen LogP contribution in [0.3, 0.4) is 0 Å². The normalized spacial score (nSPS) is 11.1. The minimum atomic E-state index is -0.694. The average Bonchev–Trinajstić information content (AvgIpc) is 2.67. The fourth-order valence-corrected chi connectivity index (χ4v) is 2.56. The van der Waals surface area contributed by atoms with Gasteiger partial charge in [0.25, 0.3) is 0 Å². The van der Waals surface area contributed by atoms with Crippen LogP contribution in [0.15, 0.2) is 42.5 Å². The Kier molecular flexibility index (Phi) is 8.75. The van der Waals surface area contributed by atoms with Crippen molar-refractivity contribution in [1.29, 1.82) is 0 Å². The molecule has 0 bridgehead atoms. The van der Waals surface area contributed by atoms with Crippen LogP contribution in [0.4, 0.5) is 0 Å². The molecule has 0 aliphatic carbocycles. The number of nitrogens with one attached hydrogen (secondary N) is 1. The summed E-state index contributed by atoms with van der Waals surface area (Å²) in [6.45, 7) is 0.415. The maximum absolute atomic E-state index is 12.2. The summed E-state index contributed by atoms with van der Waals surface area (Å²) >= 11 is 0. The van der Waals surface area contributed by atoms with Crippen LogP contribution in [0.2, 0.25) is 0 Å². The highest BCUT2D eigenvalue weighted by Gasteiger charge is 2.17. The van der Waals surface area contributed by atoms with E-state index in [1.54, 1.807) is 33.5 Å². The van der Waals surface area contributed by atoms with Gasteiger partial charge in [-0.3, -0.25) is 4.79 Å². The Bertz CT molecular complexity index is 685. The molecule has 7 heteroatoms. The molecule has 0 fully saturated rings. The van der Waals surface area contributed by atoms with Gasteiger partial charge in [0.2, 0.25) is 5.91 Å². The van der Waals surface area contributed by atoms with Gasteiger partial charge in [-0.25, -0.2) is 0 Å². The first-order chi connectivity index (χ1) is 12.1. The number of carbonyl (C=O) groups excluding carboxylic acids is 1. The fraction of sp³-hybridized carbons (Fsp3) is 0.316. The number of methoxy groups -OCH3 is 3. The van der Waals surface area contributed by atoms with Crippen LogP contribution < -0.4 is 25.3 Å². The molecule has 3 N–H and O–H groups in total. The summed E-state index contributed by atoms with van der Waals surface area (Å²) in [7, 11) is 4.75. The Morgan fingerprint density at radius 2 is 1.62 bits per heavy atom. The summed E-state index contributed by atoms with van der Waals surface area (Å²) in [5.41, 5.74) is 7.63.